The molecule has 0 aliphatic carbocycles. The molecule has 8 nitrogen and oxygen atoms in total. The number of anilines is 2. The first-order valence-corrected chi connectivity index (χ1v) is 13.0. The number of piperazine rings is 1. The molecule has 3 heterocycles. The summed E-state index contributed by atoms with van der Waals surface area (Å²) in [7, 11) is 0. The molecule has 1 saturated heterocycles. The molecule has 10 heteroatoms. The number of nitrogens with zero attached hydrogens (tertiary/aromatic N) is 4. The lowest BCUT2D eigenvalue weighted by Crippen LogP contribution is -2.48. The fourth-order valence-corrected chi connectivity index (χ4v) is 5.88. The summed E-state index contributed by atoms with van der Waals surface area (Å²) in [5.74, 6) is -2.09. The smallest absolute Gasteiger partial charge is 0.283 e. The largest absolute Gasteiger partial charge is 0.362 e. The number of benzene rings is 2. The first kappa shape index (κ1) is 26.0. The molecule has 3 aliphatic rings. The summed E-state index contributed by atoms with van der Waals surface area (Å²) in [6.45, 7) is 8.82. The van der Waals surface area contributed by atoms with Crippen LogP contribution in [-0.2, 0) is 19.2 Å². The van der Waals surface area contributed by atoms with Gasteiger partial charge in [0.05, 0.1) is 11.4 Å². The molecule has 0 radical (unpaired) electrons. The van der Waals surface area contributed by atoms with Crippen molar-refractivity contribution < 1.29 is 19.2 Å². The van der Waals surface area contributed by atoms with Crippen molar-refractivity contribution in [3.63, 3.8) is 0 Å². The molecule has 38 heavy (non-hydrogen) atoms. The molecule has 1 fully saturated rings. The minimum Gasteiger partial charge on any atom is -0.362 e. The van der Waals surface area contributed by atoms with E-state index < -0.39 is 23.6 Å². The number of imide groups is 2. The lowest BCUT2D eigenvalue weighted by atomic mass is 10.1. The number of amides is 4. The minimum atomic E-state index is -0.564. The van der Waals surface area contributed by atoms with Crippen molar-refractivity contribution in [1.82, 2.24) is 9.80 Å². The Morgan fingerprint density at radius 1 is 0.500 bits per heavy atom. The van der Waals surface area contributed by atoms with Gasteiger partial charge in [0.25, 0.3) is 23.6 Å². The molecule has 5 rings (SSSR count). The molecule has 0 bridgehead atoms. The quantitative estimate of drug-likeness (QED) is 0.535. The van der Waals surface area contributed by atoms with Crippen LogP contribution in [0.5, 0.6) is 0 Å². The second-order valence-electron chi connectivity index (χ2n) is 9.88. The molecular formula is C28H26Cl2N4O4. The molecule has 0 atom stereocenters. The Balaban J connectivity index is 1.34. The summed E-state index contributed by atoms with van der Waals surface area (Å²) in [5, 5.41) is -0.263. The molecule has 0 saturated carbocycles. The van der Waals surface area contributed by atoms with Crippen molar-refractivity contribution in [1.29, 1.82) is 0 Å². The van der Waals surface area contributed by atoms with E-state index in [1.165, 1.54) is 0 Å². The minimum absolute atomic E-state index is 0.132. The number of halogens is 2. The van der Waals surface area contributed by atoms with Gasteiger partial charge in [0.1, 0.15) is 21.5 Å². The zero-order valence-corrected chi connectivity index (χ0v) is 23.0. The van der Waals surface area contributed by atoms with E-state index in [1.807, 2.05) is 39.8 Å². The van der Waals surface area contributed by atoms with Gasteiger partial charge in [-0.25, -0.2) is 9.80 Å². The average Bonchev–Trinajstić information content (AvgIpc) is 3.19. The van der Waals surface area contributed by atoms with E-state index in [4.69, 9.17) is 23.2 Å². The normalized spacial score (nSPS) is 18.7. The van der Waals surface area contributed by atoms with Gasteiger partial charge in [-0.1, -0.05) is 35.3 Å². The summed E-state index contributed by atoms with van der Waals surface area (Å²) >= 11 is 12.8. The van der Waals surface area contributed by atoms with Crippen LogP contribution in [0.3, 0.4) is 0 Å². The zero-order valence-electron chi connectivity index (χ0n) is 21.5. The van der Waals surface area contributed by atoms with Gasteiger partial charge in [-0.2, -0.15) is 0 Å². The fourth-order valence-electron chi connectivity index (χ4n) is 5.31. The second-order valence-corrected chi connectivity index (χ2v) is 10.6. The van der Waals surface area contributed by atoms with Gasteiger partial charge in [0.2, 0.25) is 0 Å². The van der Waals surface area contributed by atoms with Gasteiger partial charge in [-0.15, -0.1) is 0 Å². The molecule has 0 spiro atoms. The van der Waals surface area contributed by atoms with E-state index in [1.54, 1.807) is 34.1 Å². The third-order valence-corrected chi connectivity index (χ3v) is 7.53. The molecule has 4 amide bonds. The highest BCUT2D eigenvalue weighted by Gasteiger charge is 2.45. The van der Waals surface area contributed by atoms with Crippen LogP contribution in [0.25, 0.3) is 0 Å². The SMILES string of the molecule is Cc1cc(C)cc(N2C(=O)C(Cl)=C(N3CCN(C4=C(Cl)C(=O)N(c5cc(C)cc(C)c5)C4=O)CC3)C2=O)c1. The van der Waals surface area contributed by atoms with Crippen molar-refractivity contribution in [2.45, 2.75) is 27.7 Å². The zero-order chi connectivity index (χ0) is 27.5. The Labute approximate surface area is 230 Å². The topological polar surface area (TPSA) is 81.2 Å². The average molecular weight is 553 g/mol. The maximum Gasteiger partial charge on any atom is 0.283 e. The molecule has 3 aliphatic heterocycles. The van der Waals surface area contributed by atoms with Crippen LogP contribution in [0, 0.1) is 27.7 Å². The molecule has 0 N–H and O–H groups in total. The van der Waals surface area contributed by atoms with Gasteiger partial charge in [0.15, 0.2) is 0 Å². The Hall–Kier alpha value is -3.62. The predicted molar refractivity (Wildman–Crippen MR) is 146 cm³/mol. The van der Waals surface area contributed by atoms with Crippen LogP contribution in [0.4, 0.5) is 11.4 Å². The maximum absolute atomic E-state index is 13.4. The van der Waals surface area contributed by atoms with E-state index in [9.17, 15) is 19.2 Å². The van der Waals surface area contributed by atoms with Gasteiger partial charge < -0.3 is 9.80 Å². The molecule has 196 valence electrons. The summed E-state index contributed by atoms with van der Waals surface area (Å²) in [4.78, 5) is 58.4. The van der Waals surface area contributed by atoms with Crippen molar-refractivity contribution in [3.05, 3.63) is 80.1 Å². The van der Waals surface area contributed by atoms with Crippen LogP contribution in [0.15, 0.2) is 57.9 Å². The monoisotopic (exact) mass is 552 g/mol. The van der Waals surface area contributed by atoms with E-state index in [0.717, 1.165) is 32.1 Å². The van der Waals surface area contributed by atoms with Crippen molar-refractivity contribution in [2.75, 3.05) is 36.0 Å². The predicted octanol–water partition coefficient (Wildman–Crippen LogP) is 3.89. The van der Waals surface area contributed by atoms with Gasteiger partial charge in [-0.3, -0.25) is 19.2 Å². The van der Waals surface area contributed by atoms with E-state index in [0.29, 0.717) is 37.6 Å². The number of aryl methyl sites for hydroxylation is 4. The third kappa shape index (κ3) is 4.27. The molecule has 0 unspecified atom stereocenters. The van der Waals surface area contributed by atoms with Crippen molar-refractivity contribution in [3.8, 4) is 0 Å². The first-order chi connectivity index (χ1) is 18.0. The highest BCUT2D eigenvalue weighted by molar-refractivity contribution is 6.53. The Kier molecular flexibility index (Phi) is 6.57. The van der Waals surface area contributed by atoms with E-state index in [-0.39, 0.29) is 21.5 Å². The highest BCUT2D eigenvalue weighted by Crippen LogP contribution is 2.35. The van der Waals surface area contributed by atoms with Gasteiger partial charge in [0, 0.05) is 26.2 Å². The Bertz CT molecular complexity index is 1340. The summed E-state index contributed by atoms with van der Waals surface area (Å²) in [5.41, 5.74) is 4.93. The van der Waals surface area contributed by atoms with Crippen LogP contribution in [0.2, 0.25) is 0 Å². The number of hydrogen-bond acceptors (Lipinski definition) is 6. The maximum atomic E-state index is 13.4. The summed E-state index contributed by atoms with van der Waals surface area (Å²) in [6.07, 6.45) is 0. The number of carbonyl (C=O) groups is 4. The van der Waals surface area contributed by atoms with Crippen molar-refractivity contribution in [2.24, 2.45) is 0 Å². The lowest BCUT2D eigenvalue weighted by Gasteiger charge is -2.37. The Morgan fingerprint density at radius 3 is 1.08 bits per heavy atom. The highest BCUT2D eigenvalue weighted by atomic mass is 35.5. The fraction of sp³-hybridized carbons (Fsp3) is 0.286. The van der Waals surface area contributed by atoms with Crippen LogP contribution < -0.4 is 9.80 Å². The van der Waals surface area contributed by atoms with E-state index >= 15 is 0 Å². The van der Waals surface area contributed by atoms with Crippen LogP contribution in [-0.4, -0.2) is 59.6 Å². The first-order valence-electron chi connectivity index (χ1n) is 12.2. The van der Waals surface area contributed by atoms with Crippen LogP contribution >= 0.6 is 23.2 Å². The summed E-state index contributed by atoms with van der Waals surface area (Å²) < 4.78 is 0. The Morgan fingerprint density at radius 2 is 0.789 bits per heavy atom. The molecule has 0 aromatic heterocycles. The summed E-state index contributed by atoms with van der Waals surface area (Å²) in [6, 6.07) is 11.0. The molecule has 2 aromatic carbocycles. The van der Waals surface area contributed by atoms with Gasteiger partial charge >= 0.3 is 0 Å². The lowest BCUT2D eigenvalue weighted by molar-refractivity contribution is -0.123. The van der Waals surface area contributed by atoms with Crippen molar-refractivity contribution >= 4 is 58.2 Å². The molecule has 2 aromatic rings. The number of carbonyl (C=O) groups excluding carboxylic acids is 4. The third-order valence-electron chi connectivity index (χ3n) is 6.85. The van der Waals surface area contributed by atoms with Crippen LogP contribution in [0.1, 0.15) is 22.3 Å². The standard InChI is InChI=1S/C28H26Cl2N4O4/c1-15-9-16(2)12-19(11-15)33-25(35)21(29)23(27(33)37)31-5-7-32(8-6-31)24-22(30)26(36)34(28(24)38)20-13-17(3)10-18(4)14-20/h9-14H,5-8H2,1-4H3. The van der Waals surface area contributed by atoms with E-state index in [2.05, 4.69) is 0 Å². The second kappa shape index (κ2) is 9.60. The van der Waals surface area contributed by atoms with Gasteiger partial charge in [-0.05, 0) is 74.2 Å². The molecular weight excluding hydrogens is 527 g/mol. The number of rotatable bonds is 4. The number of hydrogen-bond donors (Lipinski definition) is 0.